The van der Waals surface area contributed by atoms with Gasteiger partial charge in [-0.2, -0.15) is 0 Å². The summed E-state index contributed by atoms with van der Waals surface area (Å²) in [7, 11) is 0. The number of phenols is 1. The van der Waals surface area contributed by atoms with Crippen LogP contribution in [0.5, 0.6) is 5.75 Å². The molecule has 2 rings (SSSR count). The Hall–Kier alpha value is -2.36. The maximum absolute atomic E-state index is 10.4. The SMILES string of the molecule is Cc1cccc(O)c1.NC(=O)c1cccnc1. The lowest BCUT2D eigenvalue weighted by Gasteiger charge is -1.89. The molecule has 1 aromatic heterocycles. The smallest absolute Gasteiger partial charge is 0.250 e. The summed E-state index contributed by atoms with van der Waals surface area (Å²) in [5.41, 5.74) is 6.46. The number of benzene rings is 1. The normalized spacial score (nSPS) is 9.00. The van der Waals surface area contributed by atoms with Gasteiger partial charge in [-0.25, -0.2) is 0 Å². The molecule has 0 unspecified atom stereocenters. The molecule has 0 aliphatic heterocycles. The van der Waals surface area contributed by atoms with E-state index < -0.39 is 5.91 Å². The van der Waals surface area contributed by atoms with E-state index in [1.54, 1.807) is 30.5 Å². The first-order valence-corrected chi connectivity index (χ1v) is 5.05. The molecule has 0 aliphatic rings. The quantitative estimate of drug-likeness (QED) is 0.785. The van der Waals surface area contributed by atoms with Crippen molar-refractivity contribution in [2.75, 3.05) is 0 Å². The molecule has 0 saturated heterocycles. The van der Waals surface area contributed by atoms with E-state index in [9.17, 15) is 4.79 Å². The number of phenolic OH excluding ortho intramolecular Hbond substituents is 1. The van der Waals surface area contributed by atoms with Crippen molar-refractivity contribution in [2.24, 2.45) is 5.73 Å². The number of aryl methyl sites for hydroxylation is 1. The summed E-state index contributed by atoms with van der Waals surface area (Å²) >= 11 is 0. The van der Waals surface area contributed by atoms with Crippen LogP contribution >= 0.6 is 0 Å². The first-order chi connectivity index (χ1) is 8.09. The minimum atomic E-state index is -0.442. The van der Waals surface area contributed by atoms with Crippen molar-refractivity contribution in [1.29, 1.82) is 0 Å². The lowest BCUT2D eigenvalue weighted by molar-refractivity contribution is 0.1000. The van der Waals surface area contributed by atoms with Gasteiger partial charge < -0.3 is 10.8 Å². The molecule has 88 valence electrons. The number of carbonyl (C=O) groups excluding carboxylic acids is 1. The zero-order chi connectivity index (χ0) is 12.7. The standard InChI is InChI=1S/C7H8O.C6H6N2O/c1-6-3-2-4-7(8)5-6;7-6(9)5-2-1-3-8-4-5/h2-5,8H,1H3;1-4H,(H2,7,9). The van der Waals surface area contributed by atoms with E-state index in [1.807, 2.05) is 19.1 Å². The third-order valence-electron chi connectivity index (χ3n) is 1.95. The molecule has 2 aromatic rings. The lowest BCUT2D eigenvalue weighted by Crippen LogP contribution is -2.10. The van der Waals surface area contributed by atoms with Crippen LogP contribution < -0.4 is 5.73 Å². The second kappa shape index (κ2) is 6.27. The van der Waals surface area contributed by atoms with Gasteiger partial charge in [0.25, 0.3) is 0 Å². The Kier molecular flexibility index (Phi) is 4.69. The number of carbonyl (C=O) groups is 1. The summed E-state index contributed by atoms with van der Waals surface area (Å²) in [5, 5.41) is 8.81. The summed E-state index contributed by atoms with van der Waals surface area (Å²) in [4.78, 5) is 14.1. The summed E-state index contributed by atoms with van der Waals surface area (Å²) in [5.74, 6) is -0.104. The van der Waals surface area contributed by atoms with Crippen molar-refractivity contribution >= 4 is 5.91 Å². The minimum Gasteiger partial charge on any atom is -0.508 e. The maximum atomic E-state index is 10.4. The van der Waals surface area contributed by atoms with Gasteiger partial charge in [0.15, 0.2) is 0 Å². The monoisotopic (exact) mass is 230 g/mol. The molecule has 1 amide bonds. The zero-order valence-electron chi connectivity index (χ0n) is 9.50. The van der Waals surface area contributed by atoms with Gasteiger partial charge in [0, 0.05) is 12.4 Å². The van der Waals surface area contributed by atoms with Gasteiger partial charge in [0.1, 0.15) is 5.75 Å². The summed E-state index contributed by atoms with van der Waals surface area (Å²) in [6.07, 6.45) is 3.02. The highest BCUT2D eigenvalue weighted by molar-refractivity contribution is 5.92. The van der Waals surface area contributed by atoms with E-state index in [0.717, 1.165) is 5.56 Å². The molecule has 0 fully saturated rings. The van der Waals surface area contributed by atoms with E-state index in [4.69, 9.17) is 10.8 Å². The Morgan fingerprint density at radius 3 is 2.41 bits per heavy atom. The fourth-order valence-corrected chi connectivity index (χ4v) is 1.14. The highest BCUT2D eigenvalue weighted by Crippen LogP contribution is 2.08. The van der Waals surface area contributed by atoms with Gasteiger partial charge in [0.2, 0.25) is 5.91 Å². The topological polar surface area (TPSA) is 76.2 Å². The van der Waals surface area contributed by atoms with Crippen LogP contribution in [0, 0.1) is 6.92 Å². The molecule has 0 atom stereocenters. The number of aromatic hydroxyl groups is 1. The first kappa shape index (κ1) is 12.7. The molecule has 0 aliphatic carbocycles. The molecule has 3 N–H and O–H groups in total. The Morgan fingerprint density at radius 1 is 1.29 bits per heavy atom. The number of hydrogen-bond donors (Lipinski definition) is 2. The Morgan fingerprint density at radius 2 is 2.06 bits per heavy atom. The Bertz CT molecular complexity index is 467. The van der Waals surface area contributed by atoms with E-state index in [2.05, 4.69) is 4.98 Å². The molecule has 0 spiro atoms. The highest BCUT2D eigenvalue weighted by atomic mass is 16.3. The number of hydrogen-bond acceptors (Lipinski definition) is 3. The van der Waals surface area contributed by atoms with Crippen LogP contribution in [0.2, 0.25) is 0 Å². The number of amides is 1. The number of nitrogens with zero attached hydrogens (tertiary/aromatic N) is 1. The molecule has 1 heterocycles. The van der Waals surface area contributed by atoms with Crippen molar-refractivity contribution in [1.82, 2.24) is 4.98 Å². The number of pyridine rings is 1. The lowest BCUT2D eigenvalue weighted by atomic mass is 10.2. The van der Waals surface area contributed by atoms with E-state index in [0.29, 0.717) is 11.3 Å². The van der Waals surface area contributed by atoms with Crippen molar-refractivity contribution < 1.29 is 9.90 Å². The number of nitrogens with two attached hydrogens (primary N) is 1. The van der Waals surface area contributed by atoms with Crippen LogP contribution in [0.25, 0.3) is 0 Å². The predicted octanol–water partition coefficient (Wildman–Crippen LogP) is 1.88. The fourth-order valence-electron chi connectivity index (χ4n) is 1.14. The van der Waals surface area contributed by atoms with Crippen LogP contribution in [0.1, 0.15) is 15.9 Å². The fraction of sp³-hybridized carbons (Fsp3) is 0.0769. The minimum absolute atomic E-state index is 0.338. The van der Waals surface area contributed by atoms with Gasteiger partial charge in [0.05, 0.1) is 5.56 Å². The van der Waals surface area contributed by atoms with E-state index in [1.165, 1.54) is 6.20 Å². The Labute approximate surface area is 99.7 Å². The number of rotatable bonds is 1. The molecule has 4 nitrogen and oxygen atoms in total. The van der Waals surface area contributed by atoms with Gasteiger partial charge in [-0.3, -0.25) is 9.78 Å². The molecule has 1 aromatic carbocycles. The molecule has 0 radical (unpaired) electrons. The average molecular weight is 230 g/mol. The highest BCUT2D eigenvalue weighted by Gasteiger charge is 1.94. The van der Waals surface area contributed by atoms with Gasteiger partial charge >= 0.3 is 0 Å². The van der Waals surface area contributed by atoms with Crippen LogP contribution in [0.15, 0.2) is 48.8 Å². The second-order valence-corrected chi connectivity index (χ2v) is 3.44. The summed E-state index contributed by atoms with van der Waals surface area (Å²) in [6.45, 7) is 1.94. The van der Waals surface area contributed by atoms with Gasteiger partial charge in [-0.1, -0.05) is 12.1 Å². The first-order valence-electron chi connectivity index (χ1n) is 5.05. The molecular formula is C13H14N2O2. The largest absolute Gasteiger partial charge is 0.508 e. The maximum Gasteiger partial charge on any atom is 0.250 e. The van der Waals surface area contributed by atoms with Crippen molar-refractivity contribution in [3.63, 3.8) is 0 Å². The number of aromatic nitrogens is 1. The molecule has 0 saturated carbocycles. The van der Waals surface area contributed by atoms with Crippen LogP contribution in [-0.2, 0) is 0 Å². The van der Waals surface area contributed by atoms with Crippen molar-refractivity contribution in [3.05, 3.63) is 59.9 Å². The molecule has 4 heteroatoms. The Balaban J connectivity index is 0.000000171. The summed E-state index contributed by atoms with van der Waals surface area (Å²) < 4.78 is 0. The molecular weight excluding hydrogens is 216 g/mol. The second-order valence-electron chi connectivity index (χ2n) is 3.44. The van der Waals surface area contributed by atoms with E-state index in [-0.39, 0.29) is 0 Å². The van der Waals surface area contributed by atoms with Gasteiger partial charge in [-0.05, 0) is 36.8 Å². The predicted molar refractivity (Wildman–Crippen MR) is 65.6 cm³/mol. The number of primary amides is 1. The van der Waals surface area contributed by atoms with Gasteiger partial charge in [-0.15, -0.1) is 0 Å². The van der Waals surface area contributed by atoms with E-state index >= 15 is 0 Å². The molecule has 17 heavy (non-hydrogen) atoms. The average Bonchev–Trinajstić information content (AvgIpc) is 2.30. The summed E-state index contributed by atoms with van der Waals surface area (Å²) in [6, 6.07) is 10.4. The van der Waals surface area contributed by atoms with Crippen LogP contribution in [0.3, 0.4) is 0 Å². The van der Waals surface area contributed by atoms with Crippen LogP contribution in [0.4, 0.5) is 0 Å². The zero-order valence-corrected chi connectivity index (χ0v) is 9.50. The third-order valence-corrected chi connectivity index (χ3v) is 1.95. The molecule has 0 bridgehead atoms. The van der Waals surface area contributed by atoms with Crippen LogP contribution in [-0.4, -0.2) is 16.0 Å². The van der Waals surface area contributed by atoms with Crippen molar-refractivity contribution in [2.45, 2.75) is 6.92 Å². The van der Waals surface area contributed by atoms with Crippen molar-refractivity contribution in [3.8, 4) is 5.75 Å². The third kappa shape index (κ3) is 4.79.